The van der Waals surface area contributed by atoms with Crippen molar-refractivity contribution in [3.8, 4) is 0 Å². The smallest absolute Gasteiger partial charge is 0.0628 e. The Morgan fingerprint density at radius 1 is 1.55 bits per heavy atom. The number of halogens is 1. The molecule has 0 aliphatic rings. The normalized spacial score (nSPS) is 10.7. The molecule has 0 aromatic carbocycles. The third-order valence-corrected chi connectivity index (χ3v) is 1.61. The minimum Gasteiger partial charge on any atom is -0.392 e. The summed E-state index contributed by atoms with van der Waals surface area (Å²) in [4.78, 5) is 4.07. The van der Waals surface area contributed by atoms with Gasteiger partial charge in [0.25, 0.3) is 0 Å². The molecule has 0 atom stereocenters. The van der Waals surface area contributed by atoms with Gasteiger partial charge in [-0.3, -0.25) is 4.98 Å². The molecule has 0 aliphatic carbocycles. The van der Waals surface area contributed by atoms with E-state index in [0.717, 1.165) is 10.2 Å². The first-order valence-electron chi connectivity index (χ1n) is 3.22. The lowest BCUT2D eigenvalue weighted by Gasteiger charge is -1.91. The number of hydrogen-bond acceptors (Lipinski definition) is 2. The van der Waals surface area contributed by atoms with Crippen LogP contribution in [0.25, 0.3) is 6.08 Å². The summed E-state index contributed by atoms with van der Waals surface area (Å²) in [5.74, 6) is 0. The average Bonchev–Trinajstić information content (AvgIpc) is 2.04. The molecule has 11 heavy (non-hydrogen) atoms. The Bertz CT molecular complexity index is 243. The molecule has 1 rings (SSSR count). The van der Waals surface area contributed by atoms with Gasteiger partial charge in [0.2, 0.25) is 0 Å². The molecule has 1 aromatic rings. The first-order chi connectivity index (χ1) is 5.33. The van der Waals surface area contributed by atoms with Crippen molar-refractivity contribution in [1.82, 2.24) is 4.98 Å². The molecule has 0 bridgehead atoms. The molecule has 1 aromatic heterocycles. The standard InChI is InChI=1S/C8H8BrNO/c9-7-3-4-8(10-6-7)2-1-5-11/h1-4,6,11H,5H2/b2-1+. The van der Waals surface area contributed by atoms with Crippen LogP contribution >= 0.6 is 15.9 Å². The summed E-state index contributed by atoms with van der Waals surface area (Å²) in [5, 5.41) is 8.46. The molecule has 0 saturated carbocycles. The SMILES string of the molecule is OC/C=C/c1ccc(Br)cn1. The van der Waals surface area contributed by atoms with E-state index in [1.807, 2.05) is 12.1 Å². The molecule has 3 heteroatoms. The van der Waals surface area contributed by atoms with E-state index < -0.39 is 0 Å². The molecular formula is C8H8BrNO. The van der Waals surface area contributed by atoms with Gasteiger partial charge >= 0.3 is 0 Å². The lowest BCUT2D eigenvalue weighted by molar-refractivity contribution is 0.343. The Hall–Kier alpha value is -0.670. The minimum absolute atomic E-state index is 0.0533. The lowest BCUT2D eigenvalue weighted by atomic mass is 10.3. The van der Waals surface area contributed by atoms with Gasteiger partial charge in [0.1, 0.15) is 0 Å². The van der Waals surface area contributed by atoms with Crippen molar-refractivity contribution in [1.29, 1.82) is 0 Å². The van der Waals surface area contributed by atoms with Gasteiger partial charge in [0, 0.05) is 10.7 Å². The van der Waals surface area contributed by atoms with E-state index in [-0.39, 0.29) is 6.61 Å². The highest BCUT2D eigenvalue weighted by molar-refractivity contribution is 9.10. The zero-order chi connectivity index (χ0) is 8.10. The summed E-state index contributed by atoms with van der Waals surface area (Å²) in [7, 11) is 0. The fourth-order valence-corrected chi connectivity index (χ4v) is 0.894. The van der Waals surface area contributed by atoms with Crippen LogP contribution < -0.4 is 0 Å². The van der Waals surface area contributed by atoms with Crippen molar-refractivity contribution in [3.05, 3.63) is 34.6 Å². The van der Waals surface area contributed by atoms with Gasteiger partial charge in [0.15, 0.2) is 0 Å². The Labute approximate surface area is 73.7 Å². The van der Waals surface area contributed by atoms with E-state index in [0.29, 0.717) is 0 Å². The Morgan fingerprint density at radius 3 is 2.91 bits per heavy atom. The van der Waals surface area contributed by atoms with Crippen molar-refractivity contribution in [2.24, 2.45) is 0 Å². The average molecular weight is 214 g/mol. The van der Waals surface area contributed by atoms with Crippen LogP contribution in [0.5, 0.6) is 0 Å². The fourth-order valence-electron chi connectivity index (χ4n) is 0.659. The number of nitrogens with zero attached hydrogens (tertiary/aromatic N) is 1. The van der Waals surface area contributed by atoms with Crippen molar-refractivity contribution in [2.45, 2.75) is 0 Å². The largest absolute Gasteiger partial charge is 0.392 e. The molecule has 1 N–H and O–H groups in total. The fraction of sp³-hybridized carbons (Fsp3) is 0.125. The molecule has 0 spiro atoms. The van der Waals surface area contributed by atoms with E-state index in [1.54, 1.807) is 18.3 Å². The zero-order valence-corrected chi connectivity index (χ0v) is 7.45. The van der Waals surface area contributed by atoms with Crippen LogP contribution in [0.3, 0.4) is 0 Å². The van der Waals surface area contributed by atoms with Gasteiger partial charge in [-0.05, 0) is 34.1 Å². The molecule has 0 fully saturated rings. The predicted molar refractivity (Wildman–Crippen MR) is 48.1 cm³/mol. The molecule has 1 heterocycles. The molecule has 0 unspecified atom stereocenters. The monoisotopic (exact) mass is 213 g/mol. The summed E-state index contributed by atoms with van der Waals surface area (Å²) in [6.45, 7) is 0.0533. The maximum atomic E-state index is 8.46. The molecule has 58 valence electrons. The zero-order valence-electron chi connectivity index (χ0n) is 5.87. The summed E-state index contributed by atoms with van der Waals surface area (Å²) >= 11 is 3.28. The van der Waals surface area contributed by atoms with Crippen LogP contribution in [0.1, 0.15) is 5.69 Å². The van der Waals surface area contributed by atoms with E-state index >= 15 is 0 Å². The highest BCUT2D eigenvalue weighted by Crippen LogP contribution is 2.07. The van der Waals surface area contributed by atoms with Gasteiger partial charge in [-0.2, -0.15) is 0 Å². The molecule has 0 saturated heterocycles. The first kappa shape index (κ1) is 8.43. The number of hydrogen-bond donors (Lipinski definition) is 1. The minimum atomic E-state index is 0.0533. The number of aromatic nitrogens is 1. The highest BCUT2D eigenvalue weighted by atomic mass is 79.9. The summed E-state index contributed by atoms with van der Waals surface area (Å²) in [6, 6.07) is 3.78. The van der Waals surface area contributed by atoms with E-state index in [9.17, 15) is 0 Å². The first-order valence-corrected chi connectivity index (χ1v) is 4.01. The van der Waals surface area contributed by atoms with Gasteiger partial charge in [-0.15, -0.1) is 0 Å². The second-order valence-corrected chi connectivity index (χ2v) is 2.90. The summed E-state index contributed by atoms with van der Waals surface area (Å²) < 4.78 is 0.957. The van der Waals surface area contributed by atoms with Crippen LogP contribution in [0.15, 0.2) is 28.9 Å². The van der Waals surface area contributed by atoms with Crippen LogP contribution in [-0.2, 0) is 0 Å². The van der Waals surface area contributed by atoms with Crippen LogP contribution in [0, 0.1) is 0 Å². The number of aliphatic hydroxyl groups excluding tert-OH is 1. The molecule has 0 amide bonds. The highest BCUT2D eigenvalue weighted by Gasteiger charge is 1.86. The molecule has 0 aliphatic heterocycles. The maximum absolute atomic E-state index is 8.46. The second kappa shape index (κ2) is 4.26. The summed E-state index contributed by atoms with van der Waals surface area (Å²) in [5.41, 5.74) is 0.849. The van der Waals surface area contributed by atoms with Crippen molar-refractivity contribution < 1.29 is 5.11 Å². The Balaban J connectivity index is 2.73. The third-order valence-electron chi connectivity index (χ3n) is 1.14. The Kier molecular flexibility index (Phi) is 3.26. The van der Waals surface area contributed by atoms with E-state index in [1.165, 1.54) is 0 Å². The Morgan fingerprint density at radius 2 is 2.36 bits per heavy atom. The van der Waals surface area contributed by atoms with Crippen molar-refractivity contribution >= 4 is 22.0 Å². The van der Waals surface area contributed by atoms with Gasteiger partial charge in [-0.1, -0.05) is 6.08 Å². The quantitative estimate of drug-likeness (QED) is 0.814. The molecule has 0 radical (unpaired) electrons. The lowest BCUT2D eigenvalue weighted by Crippen LogP contribution is -1.79. The summed E-state index contributed by atoms with van der Waals surface area (Å²) in [6.07, 6.45) is 5.14. The van der Waals surface area contributed by atoms with Gasteiger partial charge < -0.3 is 5.11 Å². The van der Waals surface area contributed by atoms with Gasteiger partial charge in [-0.25, -0.2) is 0 Å². The topological polar surface area (TPSA) is 33.1 Å². The number of pyridine rings is 1. The predicted octanol–water partition coefficient (Wildman–Crippen LogP) is 1.85. The molecular weight excluding hydrogens is 206 g/mol. The third kappa shape index (κ3) is 2.82. The number of aliphatic hydroxyl groups is 1. The maximum Gasteiger partial charge on any atom is 0.0628 e. The van der Waals surface area contributed by atoms with Crippen molar-refractivity contribution in [3.63, 3.8) is 0 Å². The van der Waals surface area contributed by atoms with Crippen LogP contribution in [0.4, 0.5) is 0 Å². The van der Waals surface area contributed by atoms with Crippen molar-refractivity contribution in [2.75, 3.05) is 6.61 Å². The van der Waals surface area contributed by atoms with Crippen LogP contribution in [-0.4, -0.2) is 16.7 Å². The van der Waals surface area contributed by atoms with E-state index in [2.05, 4.69) is 20.9 Å². The number of rotatable bonds is 2. The van der Waals surface area contributed by atoms with E-state index in [4.69, 9.17) is 5.11 Å². The van der Waals surface area contributed by atoms with Gasteiger partial charge in [0.05, 0.1) is 12.3 Å². The van der Waals surface area contributed by atoms with Crippen LogP contribution in [0.2, 0.25) is 0 Å². The molecule has 2 nitrogen and oxygen atoms in total. The second-order valence-electron chi connectivity index (χ2n) is 1.99.